The Balaban J connectivity index is 0. The number of halogens is 1. The highest BCUT2D eigenvalue weighted by molar-refractivity contribution is 6.07. The Bertz CT molecular complexity index is 692. The average molecular weight is 720 g/mol. The quantitative estimate of drug-likeness (QED) is 0.0521. The van der Waals surface area contributed by atoms with Crippen molar-refractivity contribution in [1.29, 1.82) is 0 Å². The van der Waals surface area contributed by atoms with Gasteiger partial charge in [-0.2, -0.15) is 0 Å². The van der Waals surface area contributed by atoms with Crippen molar-refractivity contribution in [3.8, 4) is 0 Å². The van der Waals surface area contributed by atoms with Crippen LogP contribution in [-0.2, 0) is 28.1 Å². The van der Waals surface area contributed by atoms with E-state index in [-0.39, 0.29) is 55.9 Å². The summed E-state index contributed by atoms with van der Waals surface area (Å²) >= 11 is 4.50. The van der Waals surface area contributed by atoms with Crippen LogP contribution < -0.4 is 5.73 Å². The van der Waals surface area contributed by atoms with Gasteiger partial charge < -0.3 is 20.1 Å². The van der Waals surface area contributed by atoms with E-state index < -0.39 is 0 Å². The molecule has 0 aromatic carbocycles. The summed E-state index contributed by atoms with van der Waals surface area (Å²) in [6.45, 7) is 10.00. The van der Waals surface area contributed by atoms with Gasteiger partial charge in [-0.15, -0.1) is 0 Å². The summed E-state index contributed by atoms with van der Waals surface area (Å²) in [7, 11) is 1.39. The molecule has 0 aliphatic rings. The molecule has 9 heteroatoms. The van der Waals surface area contributed by atoms with Crippen molar-refractivity contribution in [3.05, 3.63) is 0 Å². The first-order chi connectivity index (χ1) is 23.9. The topological polar surface area (TPSA) is 108 Å². The number of amides is 1. The highest BCUT2D eigenvalue weighted by Gasteiger charge is 2.22. The zero-order chi connectivity index (χ0) is 36.8. The van der Waals surface area contributed by atoms with Gasteiger partial charge in [0.05, 0.1) is 43.9 Å². The van der Waals surface area contributed by atoms with Crippen LogP contribution in [0.15, 0.2) is 0 Å². The van der Waals surface area contributed by atoms with Crippen molar-refractivity contribution in [2.24, 2.45) is 17.6 Å². The molecule has 1 amide bonds. The maximum Gasteiger partial charge on any atom is 0.308 e. The minimum absolute atomic E-state index is 0.0712. The molecule has 0 radical (unpaired) electrons. The van der Waals surface area contributed by atoms with Gasteiger partial charge in [-0.05, 0) is 25.7 Å². The number of esters is 2. The molecule has 0 saturated heterocycles. The van der Waals surface area contributed by atoms with Crippen LogP contribution in [0.1, 0.15) is 188 Å². The molecule has 0 saturated carbocycles. The number of unbranched alkanes of at least 4 members (excludes halogenated alkanes) is 16. The summed E-state index contributed by atoms with van der Waals surface area (Å²) in [6, 6.07) is 0. The van der Waals surface area contributed by atoms with Crippen molar-refractivity contribution in [1.82, 2.24) is 4.90 Å². The van der Waals surface area contributed by atoms with Gasteiger partial charge >= 0.3 is 11.9 Å². The van der Waals surface area contributed by atoms with Crippen molar-refractivity contribution in [3.63, 3.8) is 0 Å². The maximum atomic E-state index is 13.1. The largest absolute Gasteiger partial charge is 0.464 e. The van der Waals surface area contributed by atoms with Gasteiger partial charge in [0.25, 0.3) is 0 Å². The first kappa shape index (κ1) is 49.7. The lowest BCUT2D eigenvalue weighted by Crippen LogP contribution is -2.38. The number of carbonyl (C=O) groups excluding carboxylic acids is 3. The average Bonchev–Trinajstić information content (AvgIpc) is 3.09. The molecule has 2 N–H and O–H groups in total. The van der Waals surface area contributed by atoms with Gasteiger partial charge in [0.1, 0.15) is 13.2 Å². The number of rotatable bonds is 34. The smallest absolute Gasteiger partial charge is 0.308 e. The minimum atomic E-state index is -0.136. The standard InChI is InChI=1S/C39H76N2O5.CH3ClO/c1-5-9-13-17-19-23-27-35(25-21-15-11-7-3)38(43)45-33-31-41(37(42)29-30-40)32-34-46-39(44)36(26-22-16-12-8-4)28-24-20-18-14-10-6-2;1-3-2/h35-36H,5-34,40H2,1-4H3;1H3. The molecule has 0 bridgehead atoms. The van der Waals surface area contributed by atoms with Gasteiger partial charge in [0, 0.05) is 13.0 Å². The molecular weight excluding hydrogens is 640 g/mol. The van der Waals surface area contributed by atoms with Crippen molar-refractivity contribution in [2.45, 2.75) is 188 Å². The predicted molar refractivity (Wildman–Crippen MR) is 206 cm³/mol. The minimum Gasteiger partial charge on any atom is -0.464 e. The molecule has 0 fully saturated rings. The lowest BCUT2D eigenvalue weighted by atomic mass is 9.94. The summed E-state index contributed by atoms with van der Waals surface area (Å²) in [5, 5.41) is 0. The summed E-state index contributed by atoms with van der Waals surface area (Å²) in [6.07, 6.45) is 27.3. The molecule has 0 heterocycles. The highest BCUT2D eigenvalue weighted by atomic mass is 35.5. The third-order valence-corrected chi connectivity index (χ3v) is 9.21. The molecule has 0 aliphatic heterocycles. The van der Waals surface area contributed by atoms with Crippen LogP contribution in [0.4, 0.5) is 0 Å². The summed E-state index contributed by atoms with van der Waals surface area (Å²) in [4.78, 5) is 40.7. The van der Waals surface area contributed by atoms with E-state index in [0.717, 1.165) is 77.0 Å². The van der Waals surface area contributed by atoms with E-state index in [1.807, 2.05) is 0 Å². The Hall–Kier alpha value is -1.38. The Morgan fingerprint density at radius 3 is 1.14 bits per heavy atom. The van der Waals surface area contributed by atoms with E-state index in [0.29, 0.717) is 13.1 Å². The maximum absolute atomic E-state index is 13.1. The van der Waals surface area contributed by atoms with Crippen molar-refractivity contribution in [2.75, 3.05) is 40.0 Å². The first-order valence-electron chi connectivity index (χ1n) is 20.3. The van der Waals surface area contributed by atoms with E-state index in [2.05, 4.69) is 43.9 Å². The van der Waals surface area contributed by atoms with Crippen LogP contribution >= 0.6 is 11.9 Å². The molecule has 0 aromatic heterocycles. The van der Waals surface area contributed by atoms with Crippen LogP contribution in [0.3, 0.4) is 0 Å². The predicted octanol–water partition coefficient (Wildman–Crippen LogP) is 10.7. The monoisotopic (exact) mass is 719 g/mol. The van der Waals surface area contributed by atoms with Crippen LogP contribution in [-0.4, -0.2) is 62.7 Å². The third-order valence-electron chi connectivity index (χ3n) is 9.21. The molecule has 2 unspecified atom stereocenters. The van der Waals surface area contributed by atoms with E-state index in [9.17, 15) is 14.4 Å². The second-order valence-electron chi connectivity index (χ2n) is 13.6. The van der Waals surface area contributed by atoms with E-state index in [1.165, 1.54) is 84.2 Å². The van der Waals surface area contributed by atoms with Crippen LogP contribution in [0, 0.1) is 11.8 Å². The van der Waals surface area contributed by atoms with Crippen LogP contribution in [0.25, 0.3) is 0 Å². The van der Waals surface area contributed by atoms with Gasteiger partial charge in [-0.3, -0.25) is 18.7 Å². The molecule has 8 nitrogen and oxygen atoms in total. The number of carbonyl (C=O) groups is 3. The number of hydrogen-bond donors (Lipinski definition) is 1. The van der Waals surface area contributed by atoms with Crippen molar-refractivity contribution >= 4 is 29.7 Å². The number of nitrogens with two attached hydrogens (primary N) is 1. The van der Waals surface area contributed by atoms with Crippen molar-refractivity contribution < 1.29 is 28.1 Å². The second kappa shape index (κ2) is 39.4. The second-order valence-corrected chi connectivity index (χ2v) is 13.9. The van der Waals surface area contributed by atoms with Gasteiger partial charge in [0.15, 0.2) is 0 Å². The molecule has 0 spiro atoms. The first-order valence-corrected chi connectivity index (χ1v) is 20.6. The molecule has 0 rings (SSSR count). The molecule has 49 heavy (non-hydrogen) atoms. The third kappa shape index (κ3) is 32.3. The van der Waals surface area contributed by atoms with E-state index >= 15 is 0 Å². The zero-order valence-electron chi connectivity index (χ0n) is 32.7. The van der Waals surface area contributed by atoms with E-state index in [4.69, 9.17) is 15.2 Å². The number of nitrogens with zero attached hydrogens (tertiary/aromatic N) is 1. The fraction of sp³-hybridized carbons (Fsp3) is 0.925. The number of hydrogen-bond acceptors (Lipinski definition) is 7. The SMILES string of the molecule is CCCCCCCCC(CCCCCC)C(=O)OCCN(CCOC(=O)C(CCCCCC)CCCCCCCC)C(=O)CCN.COCl. The van der Waals surface area contributed by atoms with Gasteiger partial charge in [0.2, 0.25) is 5.91 Å². The van der Waals surface area contributed by atoms with Gasteiger partial charge in [-0.25, -0.2) is 0 Å². The zero-order valence-corrected chi connectivity index (χ0v) is 33.5. The molecule has 292 valence electrons. The normalized spacial score (nSPS) is 12.1. The molecule has 0 aliphatic carbocycles. The molecular formula is C40H79ClN2O6. The van der Waals surface area contributed by atoms with Crippen LogP contribution in [0.5, 0.6) is 0 Å². The Morgan fingerprint density at radius 2 is 0.837 bits per heavy atom. The fourth-order valence-corrected chi connectivity index (χ4v) is 6.13. The van der Waals surface area contributed by atoms with Crippen LogP contribution in [0.2, 0.25) is 0 Å². The fourth-order valence-electron chi connectivity index (χ4n) is 6.13. The lowest BCUT2D eigenvalue weighted by Gasteiger charge is -2.24. The summed E-state index contributed by atoms with van der Waals surface area (Å²) in [5.41, 5.74) is 5.69. The van der Waals surface area contributed by atoms with Gasteiger partial charge in [-0.1, -0.05) is 156 Å². The lowest BCUT2D eigenvalue weighted by molar-refractivity contribution is -0.152. The molecule has 2 atom stereocenters. The Morgan fingerprint density at radius 1 is 0.551 bits per heavy atom. The summed E-state index contributed by atoms with van der Waals surface area (Å²) in [5.74, 6) is -0.510. The highest BCUT2D eigenvalue weighted by Crippen LogP contribution is 2.22. The number of ether oxygens (including phenoxy) is 2. The molecule has 0 aromatic rings. The summed E-state index contributed by atoms with van der Waals surface area (Å²) < 4.78 is 15.2. The Labute approximate surface area is 307 Å². The Kier molecular flexibility index (Phi) is 40.0. The van der Waals surface area contributed by atoms with E-state index in [1.54, 1.807) is 4.90 Å².